The zero-order chi connectivity index (χ0) is 8.55. The zero-order valence-electron chi connectivity index (χ0n) is 6.50. The van der Waals surface area contributed by atoms with Crippen LogP contribution in [0.2, 0.25) is 0 Å². The number of nitriles is 1. The van der Waals surface area contributed by atoms with Gasteiger partial charge in [0, 0.05) is 4.83 Å². The van der Waals surface area contributed by atoms with Gasteiger partial charge in [-0.2, -0.15) is 5.26 Å². The van der Waals surface area contributed by atoms with E-state index in [1.54, 1.807) is 0 Å². The predicted molar refractivity (Wildman–Crippen MR) is 51.2 cm³/mol. The van der Waals surface area contributed by atoms with E-state index in [2.05, 4.69) is 28.1 Å². The maximum absolute atomic E-state index is 8.67. The van der Waals surface area contributed by atoms with Crippen molar-refractivity contribution in [3.05, 3.63) is 35.4 Å². The molecule has 60 valence electrons. The summed E-state index contributed by atoms with van der Waals surface area (Å²) in [4.78, 5) is 0.631. The number of hydrogen-bond acceptors (Lipinski definition) is 1. The van der Waals surface area contributed by atoms with E-state index in [0.29, 0.717) is 10.7 Å². The minimum absolute atomic E-state index is 0.631. The van der Waals surface area contributed by atoms with Gasteiger partial charge in [0.1, 0.15) is 0 Å². The highest BCUT2D eigenvalue weighted by Crippen LogP contribution is 2.46. The quantitative estimate of drug-likeness (QED) is 0.670. The molecule has 0 aliphatic heterocycles. The van der Waals surface area contributed by atoms with Gasteiger partial charge in [0.25, 0.3) is 0 Å². The summed E-state index contributed by atoms with van der Waals surface area (Å²) in [6.45, 7) is 0. The third kappa shape index (κ3) is 1.37. The molecule has 0 bridgehead atoms. The molecule has 0 aromatic heterocycles. The van der Waals surface area contributed by atoms with Crippen LogP contribution in [0.25, 0.3) is 0 Å². The first-order valence-corrected chi connectivity index (χ1v) is 4.87. The van der Waals surface area contributed by atoms with Gasteiger partial charge in [-0.15, -0.1) is 0 Å². The Morgan fingerprint density at radius 1 is 1.50 bits per heavy atom. The average Bonchev–Trinajstić information content (AvgIpc) is 2.83. The van der Waals surface area contributed by atoms with Crippen molar-refractivity contribution in [2.75, 3.05) is 0 Å². The Morgan fingerprint density at radius 3 is 2.83 bits per heavy atom. The highest BCUT2D eigenvalue weighted by Gasteiger charge is 2.35. The second kappa shape index (κ2) is 2.91. The van der Waals surface area contributed by atoms with Crippen molar-refractivity contribution in [3.63, 3.8) is 0 Å². The molecule has 0 N–H and O–H groups in total. The van der Waals surface area contributed by atoms with Crippen molar-refractivity contribution in [1.82, 2.24) is 0 Å². The lowest BCUT2D eigenvalue weighted by Crippen LogP contribution is -1.82. The fraction of sp³-hybridized carbons (Fsp3) is 0.300. The van der Waals surface area contributed by atoms with Crippen molar-refractivity contribution in [1.29, 1.82) is 5.26 Å². The second-order valence-electron chi connectivity index (χ2n) is 3.10. The fourth-order valence-corrected chi connectivity index (χ4v) is 2.06. The van der Waals surface area contributed by atoms with E-state index >= 15 is 0 Å². The van der Waals surface area contributed by atoms with Gasteiger partial charge in [0.2, 0.25) is 0 Å². The first kappa shape index (κ1) is 7.82. The van der Waals surface area contributed by atoms with E-state index in [0.717, 1.165) is 5.56 Å². The van der Waals surface area contributed by atoms with Gasteiger partial charge in [-0.1, -0.05) is 28.1 Å². The van der Waals surface area contributed by atoms with Gasteiger partial charge in [-0.3, -0.25) is 0 Å². The monoisotopic (exact) mass is 221 g/mol. The van der Waals surface area contributed by atoms with Crippen molar-refractivity contribution >= 4 is 15.9 Å². The molecular formula is C10H8BrN. The maximum Gasteiger partial charge on any atom is 0.0991 e. The van der Waals surface area contributed by atoms with E-state index in [1.165, 1.54) is 12.0 Å². The van der Waals surface area contributed by atoms with Crippen LogP contribution in [0, 0.1) is 11.3 Å². The van der Waals surface area contributed by atoms with E-state index in [1.807, 2.05) is 18.2 Å². The number of hydrogen-bond donors (Lipinski definition) is 0. The van der Waals surface area contributed by atoms with Gasteiger partial charge >= 0.3 is 0 Å². The minimum atomic E-state index is 0.631. The summed E-state index contributed by atoms with van der Waals surface area (Å²) in [5.74, 6) is 0.637. The number of benzene rings is 1. The fourth-order valence-electron chi connectivity index (χ4n) is 1.35. The zero-order valence-corrected chi connectivity index (χ0v) is 8.08. The SMILES string of the molecule is N#Cc1cccc([C@@H]2C[C@H]2Br)c1. The van der Waals surface area contributed by atoms with E-state index in [4.69, 9.17) is 5.26 Å². The Balaban J connectivity index is 2.29. The minimum Gasteiger partial charge on any atom is -0.192 e. The Hall–Kier alpha value is -0.810. The standard InChI is InChI=1S/C10H8BrN/c11-10-5-9(10)8-3-1-2-7(4-8)6-12/h1-4,9-10H,5H2/t9-,10+/m0/s1. The van der Waals surface area contributed by atoms with Gasteiger partial charge in [0.15, 0.2) is 0 Å². The highest BCUT2D eigenvalue weighted by molar-refractivity contribution is 9.09. The largest absolute Gasteiger partial charge is 0.192 e. The van der Waals surface area contributed by atoms with Crippen molar-refractivity contribution in [2.24, 2.45) is 0 Å². The molecule has 1 fully saturated rings. The van der Waals surface area contributed by atoms with Crippen LogP contribution >= 0.6 is 15.9 Å². The maximum atomic E-state index is 8.67. The van der Waals surface area contributed by atoms with Crippen LogP contribution in [0.3, 0.4) is 0 Å². The Morgan fingerprint density at radius 2 is 2.25 bits per heavy atom. The second-order valence-corrected chi connectivity index (χ2v) is 4.27. The van der Waals surface area contributed by atoms with Crippen LogP contribution in [-0.4, -0.2) is 4.83 Å². The van der Waals surface area contributed by atoms with Gasteiger partial charge in [-0.25, -0.2) is 0 Å². The molecule has 0 radical (unpaired) electrons. The number of alkyl halides is 1. The lowest BCUT2D eigenvalue weighted by Gasteiger charge is -1.96. The summed E-state index contributed by atoms with van der Waals surface area (Å²) in [5, 5.41) is 8.67. The molecule has 1 aliphatic rings. The Labute approximate surface area is 80.1 Å². The van der Waals surface area contributed by atoms with Crippen LogP contribution in [0.15, 0.2) is 24.3 Å². The summed E-state index contributed by atoms with van der Waals surface area (Å²) in [6.07, 6.45) is 1.20. The Bertz CT molecular complexity index is 340. The molecule has 1 aromatic carbocycles. The van der Waals surface area contributed by atoms with Crippen LogP contribution in [-0.2, 0) is 0 Å². The molecular weight excluding hydrogens is 214 g/mol. The molecule has 0 amide bonds. The van der Waals surface area contributed by atoms with E-state index in [-0.39, 0.29) is 0 Å². The molecule has 0 unspecified atom stereocenters. The van der Waals surface area contributed by atoms with Crippen LogP contribution < -0.4 is 0 Å². The summed E-state index contributed by atoms with van der Waals surface area (Å²) < 4.78 is 0. The molecule has 2 rings (SSSR count). The van der Waals surface area contributed by atoms with Crippen molar-refractivity contribution in [2.45, 2.75) is 17.2 Å². The van der Waals surface area contributed by atoms with Crippen LogP contribution in [0.1, 0.15) is 23.5 Å². The molecule has 12 heavy (non-hydrogen) atoms. The molecule has 0 heterocycles. The lowest BCUT2D eigenvalue weighted by atomic mass is 10.1. The summed E-state index contributed by atoms with van der Waals surface area (Å²) in [7, 11) is 0. The highest BCUT2D eigenvalue weighted by atomic mass is 79.9. The van der Waals surface area contributed by atoms with Crippen molar-refractivity contribution < 1.29 is 0 Å². The molecule has 2 atom stereocenters. The van der Waals surface area contributed by atoms with Crippen molar-refractivity contribution in [3.8, 4) is 6.07 Å². The summed E-state index contributed by atoms with van der Waals surface area (Å²) in [6, 6.07) is 10.0. The third-order valence-corrected chi connectivity index (χ3v) is 3.17. The average molecular weight is 222 g/mol. The Kier molecular flexibility index (Phi) is 1.90. The van der Waals surface area contributed by atoms with E-state index < -0.39 is 0 Å². The smallest absolute Gasteiger partial charge is 0.0991 e. The molecule has 0 saturated heterocycles. The lowest BCUT2D eigenvalue weighted by molar-refractivity contribution is 1.14. The molecule has 1 nitrogen and oxygen atoms in total. The van der Waals surface area contributed by atoms with Gasteiger partial charge in [0.05, 0.1) is 11.6 Å². The molecule has 1 aliphatic carbocycles. The predicted octanol–water partition coefficient (Wildman–Crippen LogP) is 2.81. The molecule has 1 aromatic rings. The van der Waals surface area contributed by atoms with Gasteiger partial charge in [-0.05, 0) is 30.0 Å². The summed E-state index contributed by atoms with van der Waals surface area (Å²) in [5.41, 5.74) is 2.05. The normalized spacial score (nSPS) is 26.3. The number of rotatable bonds is 1. The number of nitrogens with zero attached hydrogens (tertiary/aromatic N) is 1. The molecule has 0 spiro atoms. The number of halogens is 1. The van der Waals surface area contributed by atoms with Gasteiger partial charge < -0.3 is 0 Å². The van der Waals surface area contributed by atoms with Crippen LogP contribution in [0.4, 0.5) is 0 Å². The molecule has 1 saturated carbocycles. The topological polar surface area (TPSA) is 23.8 Å². The molecule has 2 heteroatoms. The third-order valence-electron chi connectivity index (χ3n) is 2.16. The first-order valence-electron chi connectivity index (χ1n) is 3.95. The first-order chi connectivity index (χ1) is 5.81. The summed E-state index contributed by atoms with van der Waals surface area (Å²) >= 11 is 3.55. The van der Waals surface area contributed by atoms with E-state index in [9.17, 15) is 0 Å². The van der Waals surface area contributed by atoms with Crippen LogP contribution in [0.5, 0.6) is 0 Å².